The number of carbonyl (C=O) groups excluding carboxylic acids is 3. The van der Waals surface area contributed by atoms with Gasteiger partial charge in [0.2, 0.25) is 11.8 Å². The molecule has 0 spiro atoms. The van der Waals surface area contributed by atoms with Gasteiger partial charge in [0.15, 0.2) is 5.78 Å². The van der Waals surface area contributed by atoms with E-state index >= 15 is 0 Å². The number of aliphatic hydroxyl groups is 1. The Kier molecular flexibility index (Phi) is 6.32. The van der Waals surface area contributed by atoms with Crippen LogP contribution in [0.25, 0.3) is 11.3 Å². The summed E-state index contributed by atoms with van der Waals surface area (Å²) in [5.41, 5.74) is 9.92. The second-order valence-corrected chi connectivity index (χ2v) is 9.25. The first-order valence-electron chi connectivity index (χ1n) is 11.2. The summed E-state index contributed by atoms with van der Waals surface area (Å²) in [6.07, 6.45) is 2.46. The lowest BCUT2D eigenvalue weighted by atomic mass is 9.81. The minimum Gasteiger partial charge on any atom is -0.489 e. The largest absolute Gasteiger partial charge is 0.489 e. The molecule has 0 saturated carbocycles. The maximum atomic E-state index is 13.5. The van der Waals surface area contributed by atoms with Gasteiger partial charge in [-0.1, -0.05) is 0 Å². The van der Waals surface area contributed by atoms with E-state index in [4.69, 9.17) is 16.2 Å². The van der Waals surface area contributed by atoms with Gasteiger partial charge in [-0.3, -0.25) is 19.4 Å². The summed E-state index contributed by atoms with van der Waals surface area (Å²) >= 11 is 0. The molecular formula is C26H25FN4O5. The van der Waals surface area contributed by atoms with Crippen molar-refractivity contribution in [3.63, 3.8) is 0 Å². The third-order valence-electron chi connectivity index (χ3n) is 6.47. The van der Waals surface area contributed by atoms with Crippen LogP contribution in [0.1, 0.15) is 58.7 Å². The Labute approximate surface area is 206 Å². The third kappa shape index (κ3) is 4.55. The third-order valence-corrected chi connectivity index (χ3v) is 6.47. The number of primary amides is 2. The highest BCUT2D eigenvalue weighted by atomic mass is 19.1. The van der Waals surface area contributed by atoms with Gasteiger partial charge in [0.1, 0.15) is 34.9 Å². The van der Waals surface area contributed by atoms with Crippen molar-refractivity contribution >= 4 is 17.6 Å². The Balaban J connectivity index is 1.70. The minimum absolute atomic E-state index is 0.0131. The zero-order valence-corrected chi connectivity index (χ0v) is 19.7. The number of ether oxygens (including phenoxy) is 1. The van der Waals surface area contributed by atoms with E-state index in [1.165, 1.54) is 49.6 Å². The highest BCUT2D eigenvalue weighted by molar-refractivity contribution is 5.99. The number of carbonyl (C=O) groups is 3. The predicted molar refractivity (Wildman–Crippen MR) is 128 cm³/mol. The van der Waals surface area contributed by atoms with Crippen molar-refractivity contribution in [1.29, 1.82) is 0 Å². The standard InChI is InChI=1S/C26H25FN4O5/c1-25(24(29)34)13-36-22-18(25)10-20(31-21(22)14-3-5-17(27)6-4-14)26(2,35)8-7-19(32)15-9-16(23(28)33)12-30-11-15/h3-6,9-12,35H,7-8,13H2,1-2H3,(H2,28,33)(H2,29,34)/t25-,26-/m0/s1. The van der Waals surface area contributed by atoms with Gasteiger partial charge < -0.3 is 21.3 Å². The number of amides is 2. The summed E-state index contributed by atoms with van der Waals surface area (Å²) in [7, 11) is 0. The van der Waals surface area contributed by atoms with E-state index in [-0.39, 0.29) is 42.1 Å². The lowest BCUT2D eigenvalue weighted by Gasteiger charge is -2.26. The predicted octanol–water partition coefficient (Wildman–Crippen LogP) is 2.39. The first kappa shape index (κ1) is 24.9. The molecule has 10 heteroatoms. The van der Waals surface area contributed by atoms with Gasteiger partial charge in [0, 0.05) is 35.5 Å². The van der Waals surface area contributed by atoms with Crippen molar-refractivity contribution < 1.29 is 28.6 Å². The molecule has 3 heterocycles. The highest BCUT2D eigenvalue weighted by Gasteiger charge is 2.45. The average Bonchev–Trinajstić information content (AvgIpc) is 3.20. The number of ketones is 1. The van der Waals surface area contributed by atoms with Gasteiger partial charge in [0.25, 0.3) is 0 Å². The molecule has 0 unspecified atom stereocenters. The molecule has 0 aliphatic carbocycles. The highest BCUT2D eigenvalue weighted by Crippen LogP contribution is 2.45. The molecule has 9 nitrogen and oxygen atoms in total. The van der Waals surface area contributed by atoms with Gasteiger partial charge >= 0.3 is 0 Å². The molecule has 5 N–H and O–H groups in total. The van der Waals surface area contributed by atoms with Crippen LogP contribution >= 0.6 is 0 Å². The van der Waals surface area contributed by atoms with Crippen LogP contribution in [0.2, 0.25) is 0 Å². The second kappa shape index (κ2) is 9.12. The molecule has 2 atom stereocenters. The fourth-order valence-electron chi connectivity index (χ4n) is 4.02. The van der Waals surface area contributed by atoms with Gasteiger partial charge in [0.05, 0.1) is 11.3 Å². The Bertz CT molecular complexity index is 1370. The van der Waals surface area contributed by atoms with Crippen LogP contribution in [-0.2, 0) is 15.8 Å². The number of halogens is 1. The molecule has 0 bridgehead atoms. The van der Waals surface area contributed by atoms with E-state index in [1.807, 2.05) is 0 Å². The first-order chi connectivity index (χ1) is 16.9. The Morgan fingerprint density at radius 2 is 1.81 bits per heavy atom. The molecule has 0 fully saturated rings. The van der Waals surface area contributed by atoms with Crippen LogP contribution in [0.5, 0.6) is 5.75 Å². The number of pyridine rings is 2. The summed E-state index contributed by atoms with van der Waals surface area (Å²) in [5, 5.41) is 11.4. The normalized spacial score (nSPS) is 18.1. The van der Waals surface area contributed by atoms with Gasteiger partial charge in [-0.15, -0.1) is 0 Å². The molecule has 186 valence electrons. The lowest BCUT2D eigenvalue weighted by Crippen LogP contribution is -2.40. The van der Waals surface area contributed by atoms with Crippen LogP contribution in [0, 0.1) is 5.82 Å². The van der Waals surface area contributed by atoms with E-state index in [0.29, 0.717) is 22.6 Å². The maximum absolute atomic E-state index is 13.5. The fourth-order valence-corrected chi connectivity index (χ4v) is 4.02. The monoisotopic (exact) mass is 492 g/mol. The number of fused-ring (bicyclic) bond motifs is 1. The summed E-state index contributed by atoms with van der Waals surface area (Å²) in [5.74, 6) is -1.78. The summed E-state index contributed by atoms with van der Waals surface area (Å²) in [6.45, 7) is 3.12. The number of hydrogen-bond acceptors (Lipinski definition) is 7. The molecule has 2 amide bonds. The van der Waals surface area contributed by atoms with Crippen molar-refractivity contribution in [2.75, 3.05) is 6.61 Å². The fraction of sp³-hybridized carbons (Fsp3) is 0.269. The van der Waals surface area contributed by atoms with Crippen LogP contribution in [0.15, 0.2) is 48.8 Å². The van der Waals surface area contributed by atoms with Crippen molar-refractivity contribution in [1.82, 2.24) is 9.97 Å². The van der Waals surface area contributed by atoms with E-state index in [2.05, 4.69) is 9.97 Å². The van der Waals surface area contributed by atoms with Crippen molar-refractivity contribution in [2.45, 2.75) is 37.7 Å². The van der Waals surface area contributed by atoms with Gasteiger partial charge in [-0.25, -0.2) is 9.37 Å². The lowest BCUT2D eigenvalue weighted by molar-refractivity contribution is -0.123. The van der Waals surface area contributed by atoms with Crippen LogP contribution < -0.4 is 16.2 Å². The topological polar surface area (TPSA) is 158 Å². The average molecular weight is 493 g/mol. The number of nitrogens with zero attached hydrogens (tertiary/aromatic N) is 2. The molecule has 2 aromatic heterocycles. The van der Waals surface area contributed by atoms with Gasteiger partial charge in [-0.05, 0) is 56.7 Å². The number of aromatic nitrogens is 2. The van der Waals surface area contributed by atoms with Crippen LogP contribution in [0.3, 0.4) is 0 Å². The van der Waals surface area contributed by atoms with Crippen LogP contribution in [0.4, 0.5) is 4.39 Å². The van der Waals surface area contributed by atoms with E-state index in [9.17, 15) is 23.9 Å². The maximum Gasteiger partial charge on any atom is 0.250 e. The molecule has 3 aromatic rings. The minimum atomic E-state index is -1.60. The summed E-state index contributed by atoms with van der Waals surface area (Å²) in [6, 6.07) is 8.47. The molecule has 0 saturated heterocycles. The molecular weight excluding hydrogens is 467 g/mol. The molecule has 1 aromatic carbocycles. The molecule has 0 radical (unpaired) electrons. The van der Waals surface area contributed by atoms with Crippen LogP contribution in [-0.4, -0.2) is 39.3 Å². The summed E-state index contributed by atoms with van der Waals surface area (Å²) in [4.78, 5) is 44.9. The second-order valence-electron chi connectivity index (χ2n) is 9.25. The molecule has 1 aliphatic rings. The smallest absolute Gasteiger partial charge is 0.250 e. The molecule has 36 heavy (non-hydrogen) atoms. The Morgan fingerprint density at radius 3 is 2.44 bits per heavy atom. The zero-order valence-electron chi connectivity index (χ0n) is 19.7. The van der Waals surface area contributed by atoms with E-state index in [1.54, 1.807) is 13.0 Å². The zero-order chi connectivity index (χ0) is 26.3. The Hall–Kier alpha value is -4.18. The number of Topliss-reactive ketones (excluding diaryl/α,β-unsaturated/α-hetero) is 1. The number of nitrogens with two attached hydrogens (primary N) is 2. The van der Waals surface area contributed by atoms with Crippen molar-refractivity contribution in [3.8, 4) is 17.0 Å². The molecule has 4 rings (SSSR count). The Morgan fingerprint density at radius 1 is 1.14 bits per heavy atom. The first-order valence-corrected chi connectivity index (χ1v) is 11.2. The van der Waals surface area contributed by atoms with E-state index < -0.39 is 28.6 Å². The number of rotatable bonds is 8. The van der Waals surface area contributed by atoms with Crippen molar-refractivity contribution in [3.05, 3.63) is 77.0 Å². The number of benzene rings is 1. The summed E-state index contributed by atoms with van der Waals surface area (Å²) < 4.78 is 19.4. The van der Waals surface area contributed by atoms with Crippen molar-refractivity contribution in [2.24, 2.45) is 11.5 Å². The SMILES string of the molecule is C[C@](O)(CCC(=O)c1cncc(C(N)=O)c1)c1cc2c(c(-c3ccc(F)cc3)n1)OC[C@]2(C)C(N)=O. The van der Waals surface area contributed by atoms with E-state index in [0.717, 1.165) is 0 Å². The van der Waals surface area contributed by atoms with Gasteiger partial charge in [-0.2, -0.15) is 0 Å². The molecule has 1 aliphatic heterocycles. The quantitative estimate of drug-likeness (QED) is 0.407. The number of hydrogen-bond donors (Lipinski definition) is 3.